The van der Waals surface area contributed by atoms with E-state index in [2.05, 4.69) is 48.7 Å². The maximum absolute atomic E-state index is 5.97. The van der Waals surface area contributed by atoms with Crippen molar-refractivity contribution in [3.63, 3.8) is 0 Å². The third kappa shape index (κ3) is 4.83. The smallest absolute Gasteiger partial charge is 0.0441 e. The molecule has 2 N–H and O–H groups in total. The molecular formula is C17H20Cl2N2. The van der Waals surface area contributed by atoms with Crippen LogP contribution in [0.3, 0.4) is 0 Å². The van der Waals surface area contributed by atoms with Crippen molar-refractivity contribution in [3.05, 3.63) is 58.1 Å². The van der Waals surface area contributed by atoms with Crippen molar-refractivity contribution in [2.24, 2.45) is 0 Å². The number of halogens is 2. The molecule has 21 heavy (non-hydrogen) atoms. The summed E-state index contributed by atoms with van der Waals surface area (Å²) in [5.41, 5.74) is 3.47. The first-order valence-electron chi connectivity index (χ1n) is 7.09. The Balaban J connectivity index is 1.87. The van der Waals surface area contributed by atoms with Crippen molar-refractivity contribution in [2.75, 3.05) is 23.7 Å². The van der Waals surface area contributed by atoms with Gasteiger partial charge in [0, 0.05) is 34.5 Å². The molecule has 2 aromatic rings. The lowest BCUT2D eigenvalue weighted by atomic mass is 10.0. The summed E-state index contributed by atoms with van der Waals surface area (Å²) in [5, 5.41) is 8.06. The van der Waals surface area contributed by atoms with E-state index in [9.17, 15) is 0 Å². The van der Waals surface area contributed by atoms with Crippen LogP contribution in [-0.4, -0.2) is 13.1 Å². The van der Waals surface area contributed by atoms with Crippen LogP contribution in [0.4, 0.5) is 11.4 Å². The fourth-order valence-corrected chi connectivity index (χ4v) is 2.75. The van der Waals surface area contributed by atoms with Crippen LogP contribution in [-0.2, 0) is 0 Å². The second kappa shape index (κ2) is 7.58. The molecule has 2 aromatic carbocycles. The van der Waals surface area contributed by atoms with Gasteiger partial charge in [-0.05, 0) is 35.7 Å². The van der Waals surface area contributed by atoms with Gasteiger partial charge in [0.1, 0.15) is 0 Å². The van der Waals surface area contributed by atoms with Crippen LogP contribution in [0.5, 0.6) is 0 Å². The Bertz CT molecular complexity index is 577. The Morgan fingerprint density at radius 2 is 1.52 bits per heavy atom. The van der Waals surface area contributed by atoms with Gasteiger partial charge in [-0.15, -0.1) is 0 Å². The Kier molecular flexibility index (Phi) is 5.77. The molecule has 0 aromatic heterocycles. The van der Waals surface area contributed by atoms with Gasteiger partial charge < -0.3 is 10.6 Å². The molecule has 0 unspecified atom stereocenters. The predicted octanol–water partition coefficient (Wildman–Crippen LogP) is 5.64. The van der Waals surface area contributed by atoms with Crippen molar-refractivity contribution in [2.45, 2.75) is 19.8 Å². The zero-order valence-electron chi connectivity index (χ0n) is 12.3. The summed E-state index contributed by atoms with van der Waals surface area (Å²) in [6.45, 7) is 6.02. The average molecular weight is 323 g/mol. The first kappa shape index (κ1) is 16.0. The van der Waals surface area contributed by atoms with E-state index in [-0.39, 0.29) is 0 Å². The van der Waals surface area contributed by atoms with Crippen LogP contribution in [0.15, 0.2) is 42.5 Å². The highest BCUT2D eigenvalue weighted by Crippen LogP contribution is 2.24. The van der Waals surface area contributed by atoms with Crippen molar-refractivity contribution in [1.29, 1.82) is 0 Å². The van der Waals surface area contributed by atoms with Crippen LogP contribution in [0.2, 0.25) is 10.0 Å². The molecule has 0 atom stereocenters. The lowest BCUT2D eigenvalue weighted by molar-refractivity contribution is 0.865. The topological polar surface area (TPSA) is 24.1 Å². The molecule has 2 rings (SSSR count). The average Bonchev–Trinajstić information content (AvgIpc) is 2.43. The molecule has 0 aliphatic carbocycles. The third-order valence-corrected chi connectivity index (χ3v) is 3.65. The molecule has 0 aliphatic rings. The highest BCUT2D eigenvalue weighted by Gasteiger charge is 2.04. The molecule has 0 radical (unpaired) electrons. The highest BCUT2D eigenvalue weighted by atomic mass is 35.5. The standard InChI is InChI=1S/C17H20Cl2N2/c1-12(2)16-5-3-4-6-17(16)21-8-7-20-15-10-13(18)9-14(19)11-15/h3-6,9-12,20-21H,7-8H2,1-2H3. The van der Waals surface area contributed by atoms with Crippen LogP contribution < -0.4 is 10.6 Å². The van der Waals surface area contributed by atoms with Gasteiger partial charge in [0.25, 0.3) is 0 Å². The SMILES string of the molecule is CC(C)c1ccccc1NCCNc1cc(Cl)cc(Cl)c1. The molecule has 0 fully saturated rings. The molecule has 2 nitrogen and oxygen atoms in total. The van der Waals surface area contributed by atoms with E-state index < -0.39 is 0 Å². The number of hydrogen-bond acceptors (Lipinski definition) is 2. The zero-order valence-corrected chi connectivity index (χ0v) is 13.8. The Labute approximate surface area is 136 Å². The number of nitrogens with one attached hydrogen (secondary N) is 2. The largest absolute Gasteiger partial charge is 0.383 e. The molecule has 0 spiro atoms. The molecule has 0 heterocycles. The molecular weight excluding hydrogens is 303 g/mol. The normalized spacial score (nSPS) is 10.7. The first-order valence-corrected chi connectivity index (χ1v) is 7.84. The van der Waals surface area contributed by atoms with Gasteiger partial charge in [0.2, 0.25) is 0 Å². The first-order chi connectivity index (χ1) is 10.1. The Hall–Kier alpha value is -1.38. The second-order valence-electron chi connectivity index (χ2n) is 5.25. The summed E-state index contributed by atoms with van der Waals surface area (Å²) in [6, 6.07) is 13.9. The second-order valence-corrected chi connectivity index (χ2v) is 6.13. The van der Waals surface area contributed by atoms with Crippen molar-refractivity contribution < 1.29 is 0 Å². The van der Waals surface area contributed by atoms with E-state index in [1.54, 1.807) is 6.07 Å². The summed E-state index contributed by atoms with van der Waals surface area (Å²) in [5.74, 6) is 0.508. The zero-order chi connectivity index (χ0) is 15.2. The van der Waals surface area contributed by atoms with Crippen molar-refractivity contribution in [1.82, 2.24) is 0 Å². The summed E-state index contributed by atoms with van der Waals surface area (Å²) < 4.78 is 0. The summed E-state index contributed by atoms with van der Waals surface area (Å²) >= 11 is 11.9. The van der Waals surface area contributed by atoms with Gasteiger partial charge >= 0.3 is 0 Å². The number of rotatable bonds is 6. The van der Waals surface area contributed by atoms with E-state index >= 15 is 0 Å². The molecule has 0 saturated carbocycles. The summed E-state index contributed by atoms with van der Waals surface area (Å²) in [7, 11) is 0. The van der Waals surface area contributed by atoms with E-state index in [1.165, 1.54) is 11.3 Å². The highest BCUT2D eigenvalue weighted by molar-refractivity contribution is 6.35. The van der Waals surface area contributed by atoms with E-state index in [4.69, 9.17) is 23.2 Å². The van der Waals surface area contributed by atoms with Crippen molar-refractivity contribution >= 4 is 34.6 Å². The minimum atomic E-state index is 0.508. The fourth-order valence-electron chi connectivity index (χ4n) is 2.22. The molecule has 112 valence electrons. The van der Waals surface area contributed by atoms with E-state index in [1.807, 2.05) is 12.1 Å². The molecule has 0 amide bonds. The van der Waals surface area contributed by atoms with Crippen LogP contribution in [0.1, 0.15) is 25.3 Å². The number of para-hydroxylation sites is 1. The third-order valence-electron chi connectivity index (χ3n) is 3.21. The van der Waals surface area contributed by atoms with E-state index in [0.717, 1.165) is 18.8 Å². The monoisotopic (exact) mass is 322 g/mol. The Morgan fingerprint density at radius 3 is 2.19 bits per heavy atom. The summed E-state index contributed by atoms with van der Waals surface area (Å²) in [4.78, 5) is 0. The molecule has 0 saturated heterocycles. The van der Waals surface area contributed by atoms with E-state index in [0.29, 0.717) is 16.0 Å². The predicted molar refractivity (Wildman–Crippen MR) is 94.0 cm³/mol. The molecule has 0 bridgehead atoms. The lowest BCUT2D eigenvalue weighted by Crippen LogP contribution is -2.14. The van der Waals surface area contributed by atoms with Gasteiger partial charge in [-0.3, -0.25) is 0 Å². The van der Waals surface area contributed by atoms with Gasteiger partial charge in [0.15, 0.2) is 0 Å². The van der Waals surface area contributed by atoms with Crippen molar-refractivity contribution in [3.8, 4) is 0 Å². The van der Waals surface area contributed by atoms with Gasteiger partial charge in [-0.1, -0.05) is 55.2 Å². The minimum absolute atomic E-state index is 0.508. The van der Waals surface area contributed by atoms with Gasteiger partial charge in [0.05, 0.1) is 0 Å². The summed E-state index contributed by atoms with van der Waals surface area (Å²) in [6.07, 6.45) is 0. The minimum Gasteiger partial charge on any atom is -0.383 e. The van der Waals surface area contributed by atoms with Crippen LogP contribution >= 0.6 is 23.2 Å². The molecule has 0 aliphatic heterocycles. The van der Waals surface area contributed by atoms with Gasteiger partial charge in [-0.2, -0.15) is 0 Å². The van der Waals surface area contributed by atoms with Crippen LogP contribution in [0, 0.1) is 0 Å². The van der Waals surface area contributed by atoms with Gasteiger partial charge in [-0.25, -0.2) is 0 Å². The quantitative estimate of drug-likeness (QED) is 0.672. The maximum Gasteiger partial charge on any atom is 0.0441 e. The lowest BCUT2D eigenvalue weighted by Gasteiger charge is -2.15. The number of hydrogen-bond donors (Lipinski definition) is 2. The van der Waals surface area contributed by atoms with Crippen LogP contribution in [0.25, 0.3) is 0 Å². The number of anilines is 2. The number of benzene rings is 2. The maximum atomic E-state index is 5.97. The fraction of sp³-hybridized carbons (Fsp3) is 0.294. The molecule has 4 heteroatoms. The Morgan fingerprint density at radius 1 is 0.905 bits per heavy atom.